The zero-order chi connectivity index (χ0) is 19.0. The number of carbonyl (C=O) groups is 1. The van der Waals surface area contributed by atoms with Gasteiger partial charge in [0.25, 0.3) is 0 Å². The summed E-state index contributed by atoms with van der Waals surface area (Å²) in [5.74, 6) is -0.390. The van der Waals surface area contributed by atoms with Crippen LogP contribution in [0.15, 0.2) is 24.3 Å². The number of hydrogen-bond acceptors (Lipinski definition) is 5. The highest BCUT2D eigenvalue weighted by molar-refractivity contribution is 7.21. The molecule has 0 radical (unpaired) electrons. The number of rotatable bonds is 3. The molecule has 140 valence electrons. The molecule has 3 aromatic rings. The predicted molar refractivity (Wildman–Crippen MR) is 112 cm³/mol. The summed E-state index contributed by atoms with van der Waals surface area (Å²) >= 11 is 7.88. The summed E-state index contributed by atoms with van der Waals surface area (Å²) in [6.07, 6.45) is 5.32. The summed E-state index contributed by atoms with van der Waals surface area (Å²) < 4.78 is 5.19. The highest BCUT2D eigenvalue weighted by Crippen LogP contribution is 2.45. The van der Waals surface area contributed by atoms with Crippen molar-refractivity contribution in [3.8, 4) is 11.1 Å². The number of nitrogen functional groups attached to an aromatic ring is 1. The van der Waals surface area contributed by atoms with Gasteiger partial charge in [-0.1, -0.05) is 36.2 Å². The molecule has 27 heavy (non-hydrogen) atoms. The number of halogens is 1. The molecule has 2 heterocycles. The van der Waals surface area contributed by atoms with E-state index in [-0.39, 0.29) is 0 Å². The van der Waals surface area contributed by atoms with E-state index < -0.39 is 5.97 Å². The first kappa shape index (κ1) is 18.3. The Kier molecular flexibility index (Phi) is 5.06. The van der Waals surface area contributed by atoms with Crippen molar-refractivity contribution >= 4 is 44.8 Å². The van der Waals surface area contributed by atoms with E-state index in [1.54, 1.807) is 6.92 Å². The summed E-state index contributed by atoms with van der Waals surface area (Å²) in [4.78, 5) is 18.5. The number of nitrogens with two attached hydrogens (primary N) is 1. The molecule has 0 fully saturated rings. The quantitative estimate of drug-likeness (QED) is 0.456. The summed E-state index contributed by atoms with van der Waals surface area (Å²) in [5, 5.41) is 1.51. The highest BCUT2D eigenvalue weighted by atomic mass is 35.5. The maximum Gasteiger partial charge on any atom is 0.350 e. The number of nitrogens with zero attached hydrogens (tertiary/aromatic N) is 1. The fourth-order valence-corrected chi connectivity index (χ4v) is 5.04. The van der Waals surface area contributed by atoms with E-state index in [4.69, 9.17) is 27.1 Å². The van der Waals surface area contributed by atoms with E-state index in [1.165, 1.54) is 23.3 Å². The lowest BCUT2D eigenvalue weighted by Crippen LogP contribution is -2.05. The topological polar surface area (TPSA) is 65.2 Å². The second-order valence-corrected chi connectivity index (χ2v) is 8.10. The van der Waals surface area contributed by atoms with Crippen molar-refractivity contribution in [2.75, 3.05) is 12.3 Å². The number of aromatic nitrogens is 1. The number of thiophene rings is 1. The minimum Gasteiger partial charge on any atom is -0.462 e. The maximum absolute atomic E-state index is 12.4. The minimum absolute atomic E-state index is 0.313. The van der Waals surface area contributed by atoms with Crippen LogP contribution in [0.2, 0.25) is 5.02 Å². The molecule has 0 saturated heterocycles. The lowest BCUT2D eigenvalue weighted by molar-refractivity contribution is 0.0533. The Bertz CT molecular complexity index is 1030. The van der Waals surface area contributed by atoms with Crippen molar-refractivity contribution in [3.63, 3.8) is 0 Å². The number of ether oxygens (including phenoxy) is 1. The normalized spacial score (nSPS) is 14.0. The second-order valence-electron chi connectivity index (χ2n) is 6.70. The smallest absolute Gasteiger partial charge is 0.350 e. The molecule has 0 saturated carbocycles. The summed E-state index contributed by atoms with van der Waals surface area (Å²) in [6.45, 7) is 2.10. The van der Waals surface area contributed by atoms with Crippen molar-refractivity contribution in [2.45, 2.75) is 39.0 Å². The van der Waals surface area contributed by atoms with Crippen LogP contribution in [0.25, 0.3) is 21.3 Å². The van der Waals surface area contributed by atoms with Gasteiger partial charge >= 0.3 is 5.97 Å². The van der Waals surface area contributed by atoms with Crippen LogP contribution in [0.3, 0.4) is 0 Å². The van der Waals surface area contributed by atoms with Gasteiger partial charge < -0.3 is 10.5 Å². The van der Waals surface area contributed by atoms with Crippen LogP contribution in [0, 0.1) is 0 Å². The lowest BCUT2D eigenvalue weighted by atomic mass is 9.93. The Morgan fingerprint density at radius 2 is 2.04 bits per heavy atom. The van der Waals surface area contributed by atoms with Crippen molar-refractivity contribution < 1.29 is 9.53 Å². The van der Waals surface area contributed by atoms with Crippen LogP contribution in [0.4, 0.5) is 5.69 Å². The predicted octanol–water partition coefficient (Wildman–Crippen LogP) is 5.64. The third kappa shape index (κ3) is 3.19. The SMILES string of the molecule is CCOC(=O)c1sc2nc3c(c(-c4ccccc4Cl)c2c1N)CCCCC3. The molecule has 1 aliphatic rings. The molecule has 2 aromatic heterocycles. The summed E-state index contributed by atoms with van der Waals surface area (Å²) in [7, 11) is 0. The number of aryl methyl sites for hydroxylation is 1. The third-order valence-corrected chi connectivity index (χ3v) is 6.42. The van der Waals surface area contributed by atoms with Crippen LogP contribution in [-0.4, -0.2) is 17.6 Å². The summed E-state index contributed by atoms with van der Waals surface area (Å²) in [5.41, 5.74) is 11.2. The highest BCUT2D eigenvalue weighted by Gasteiger charge is 2.26. The fourth-order valence-electron chi connectivity index (χ4n) is 3.79. The van der Waals surface area contributed by atoms with Gasteiger partial charge in [0, 0.05) is 27.2 Å². The molecule has 0 amide bonds. The molecule has 0 aliphatic heterocycles. The first-order valence-electron chi connectivity index (χ1n) is 9.27. The zero-order valence-corrected chi connectivity index (χ0v) is 16.8. The molecule has 4 nitrogen and oxygen atoms in total. The van der Waals surface area contributed by atoms with E-state index in [2.05, 4.69) is 0 Å². The zero-order valence-electron chi connectivity index (χ0n) is 15.2. The van der Waals surface area contributed by atoms with E-state index in [9.17, 15) is 4.79 Å². The number of fused-ring (bicyclic) bond motifs is 2. The van der Waals surface area contributed by atoms with Crippen molar-refractivity contribution in [1.29, 1.82) is 0 Å². The molecule has 0 bridgehead atoms. The standard InChI is InChI=1S/C21H21ClN2O2S/c1-2-26-21(25)19-18(23)17-16(12-8-6-7-10-14(12)22)13-9-4-3-5-11-15(13)24-20(17)27-19/h6-8,10H,2-5,9,11,23H2,1H3. The maximum atomic E-state index is 12.4. The fraction of sp³-hybridized carbons (Fsp3) is 0.333. The number of hydrogen-bond donors (Lipinski definition) is 1. The molecular formula is C21H21ClN2O2S. The van der Waals surface area contributed by atoms with Gasteiger partial charge in [-0.05, 0) is 44.2 Å². The Labute approximate surface area is 167 Å². The minimum atomic E-state index is -0.390. The van der Waals surface area contributed by atoms with Crippen LogP contribution in [0.1, 0.15) is 47.1 Å². The Balaban J connectivity index is 2.06. The average Bonchev–Trinajstić information content (AvgIpc) is 2.83. The number of esters is 1. The lowest BCUT2D eigenvalue weighted by Gasteiger charge is -2.15. The third-order valence-electron chi connectivity index (χ3n) is 5.01. The van der Waals surface area contributed by atoms with Gasteiger partial charge in [0.2, 0.25) is 0 Å². The van der Waals surface area contributed by atoms with Gasteiger partial charge in [-0.2, -0.15) is 0 Å². The van der Waals surface area contributed by atoms with Gasteiger partial charge in [-0.15, -0.1) is 11.3 Å². The first-order chi connectivity index (χ1) is 13.1. The second kappa shape index (κ2) is 7.49. The molecule has 0 unspecified atom stereocenters. The Hall–Kier alpha value is -2.11. The van der Waals surface area contributed by atoms with Crippen molar-refractivity contribution in [2.24, 2.45) is 0 Å². The van der Waals surface area contributed by atoms with Gasteiger partial charge in [-0.3, -0.25) is 0 Å². The van der Waals surface area contributed by atoms with Crippen molar-refractivity contribution in [1.82, 2.24) is 4.98 Å². The van der Waals surface area contributed by atoms with Crippen LogP contribution >= 0.6 is 22.9 Å². The van der Waals surface area contributed by atoms with Gasteiger partial charge in [0.05, 0.1) is 12.3 Å². The first-order valence-corrected chi connectivity index (χ1v) is 10.5. The molecule has 0 spiro atoms. The van der Waals surface area contributed by atoms with E-state index in [0.717, 1.165) is 52.7 Å². The molecule has 6 heteroatoms. The van der Waals surface area contributed by atoms with Crippen LogP contribution in [-0.2, 0) is 17.6 Å². The largest absolute Gasteiger partial charge is 0.462 e. The molecule has 1 aliphatic carbocycles. The average molecular weight is 401 g/mol. The van der Waals surface area contributed by atoms with Crippen LogP contribution < -0.4 is 5.73 Å². The number of pyridine rings is 1. The monoisotopic (exact) mass is 400 g/mol. The van der Waals surface area contributed by atoms with Gasteiger partial charge in [0.15, 0.2) is 0 Å². The molecule has 4 rings (SSSR count). The number of anilines is 1. The molecule has 1 aromatic carbocycles. The summed E-state index contributed by atoms with van der Waals surface area (Å²) in [6, 6.07) is 7.81. The number of carbonyl (C=O) groups excluding carboxylic acids is 1. The van der Waals surface area contributed by atoms with E-state index in [1.807, 2.05) is 24.3 Å². The Morgan fingerprint density at radius 1 is 1.26 bits per heavy atom. The molecule has 2 N–H and O–H groups in total. The van der Waals surface area contributed by atoms with E-state index in [0.29, 0.717) is 22.2 Å². The van der Waals surface area contributed by atoms with Crippen molar-refractivity contribution in [3.05, 3.63) is 45.4 Å². The number of benzene rings is 1. The van der Waals surface area contributed by atoms with Gasteiger partial charge in [-0.25, -0.2) is 9.78 Å². The van der Waals surface area contributed by atoms with E-state index >= 15 is 0 Å². The molecular weight excluding hydrogens is 380 g/mol. The Morgan fingerprint density at radius 3 is 2.81 bits per heavy atom. The van der Waals surface area contributed by atoms with Crippen LogP contribution in [0.5, 0.6) is 0 Å². The van der Waals surface area contributed by atoms with Gasteiger partial charge in [0.1, 0.15) is 9.71 Å². The molecule has 0 atom stereocenters.